The molecule has 1 aliphatic rings. The topological polar surface area (TPSA) is 30.3 Å². The smallest absolute Gasteiger partial charge is 0.101 e. The second-order valence-electron chi connectivity index (χ2n) is 5.16. The molecule has 1 heterocycles. The Morgan fingerprint density at radius 1 is 1.10 bits per heavy atom. The average Bonchev–Trinajstić information content (AvgIpc) is 2.55. The summed E-state index contributed by atoms with van der Waals surface area (Å²) in [5, 5.41) is 9.44. The Morgan fingerprint density at radius 3 is 2.57 bits per heavy atom. The molecule has 0 radical (unpaired) electrons. The zero-order valence-corrected chi connectivity index (χ0v) is 12.6. The molecular weight excluding hydrogens is 282 g/mol. The van der Waals surface area contributed by atoms with E-state index >= 15 is 0 Å². The fourth-order valence-corrected chi connectivity index (χ4v) is 2.91. The van der Waals surface area contributed by atoms with Crippen LogP contribution in [-0.2, 0) is 5.88 Å². The number of para-hydroxylation sites is 2. The maximum Gasteiger partial charge on any atom is 0.101 e. The van der Waals surface area contributed by atoms with E-state index in [1.165, 1.54) is 5.69 Å². The van der Waals surface area contributed by atoms with Crippen molar-refractivity contribution in [2.24, 2.45) is 0 Å². The van der Waals surface area contributed by atoms with Crippen molar-refractivity contribution in [1.82, 2.24) is 0 Å². The minimum absolute atomic E-state index is 0.425. The summed E-state index contributed by atoms with van der Waals surface area (Å²) in [6.07, 6.45) is 0. The van der Waals surface area contributed by atoms with Crippen LogP contribution < -0.4 is 9.80 Å². The molecule has 0 N–H and O–H groups in total. The molecule has 21 heavy (non-hydrogen) atoms. The van der Waals surface area contributed by atoms with Gasteiger partial charge in [0, 0.05) is 26.0 Å². The van der Waals surface area contributed by atoms with Gasteiger partial charge in [-0.15, -0.1) is 11.6 Å². The predicted octanol–water partition coefficient (Wildman–Crippen LogP) is 3.88. The monoisotopic (exact) mass is 297 g/mol. The lowest BCUT2D eigenvalue weighted by molar-refractivity contribution is 0.821. The number of nitrogens with zero attached hydrogens (tertiary/aromatic N) is 3. The molecule has 0 aliphatic carbocycles. The molecule has 0 saturated carbocycles. The summed E-state index contributed by atoms with van der Waals surface area (Å²) in [5.41, 5.74) is 4.93. The van der Waals surface area contributed by atoms with Gasteiger partial charge in [0.05, 0.1) is 22.6 Å². The van der Waals surface area contributed by atoms with E-state index in [1.54, 1.807) is 0 Å². The molecule has 106 valence electrons. The van der Waals surface area contributed by atoms with Crippen LogP contribution in [0.5, 0.6) is 0 Å². The van der Waals surface area contributed by atoms with Gasteiger partial charge in [-0.1, -0.05) is 18.2 Å². The Kier molecular flexibility index (Phi) is 3.72. The molecule has 4 heteroatoms. The second-order valence-corrected chi connectivity index (χ2v) is 5.43. The van der Waals surface area contributed by atoms with Crippen LogP contribution in [0.2, 0.25) is 0 Å². The summed E-state index contributed by atoms with van der Waals surface area (Å²) in [4.78, 5) is 4.46. The van der Waals surface area contributed by atoms with Crippen molar-refractivity contribution < 1.29 is 0 Å². The molecule has 0 unspecified atom stereocenters. The summed E-state index contributed by atoms with van der Waals surface area (Å²) >= 11 is 5.86. The number of anilines is 3. The fraction of sp³-hybridized carbons (Fsp3) is 0.235. The summed E-state index contributed by atoms with van der Waals surface area (Å²) < 4.78 is 0. The number of halogens is 1. The summed E-state index contributed by atoms with van der Waals surface area (Å²) in [7, 11) is 2.10. The zero-order chi connectivity index (χ0) is 14.8. The highest BCUT2D eigenvalue weighted by Gasteiger charge is 2.22. The molecule has 3 nitrogen and oxygen atoms in total. The van der Waals surface area contributed by atoms with Gasteiger partial charge in [-0.05, 0) is 29.8 Å². The number of rotatable bonds is 2. The van der Waals surface area contributed by atoms with Gasteiger partial charge < -0.3 is 9.80 Å². The summed E-state index contributed by atoms with van der Waals surface area (Å²) in [6.45, 7) is 1.79. The first-order chi connectivity index (χ1) is 10.2. The molecule has 0 bridgehead atoms. The Hall–Kier alpha value is -2.18. The lowest BCUT2D eigenvalue weighted by Crippen LogP contribution is -2.36. The van der Waals surface area contributed by atoms with Gasteiger partial charge >= 0.3 is 0 Å². The van der Waals surface area contributed by atoms with E-state index in [9.17, 15) is 5.26 Å². The van der Waals surface area contributed by atoms with E-state index in [1.807, 2.05) is 30.3 Å². The Bertz CT molecular complexity index is 705. The van der Waals surface area contributed by atoms with Crippen molar-refractivity contribution >= 4 is 28.7 Å². The van der Waals surface area contributed by atoms with Crippen LogP contribution in [0.3, 0.4) is 0 Å². The lowest BCUT2D eigenvalue weighted by atomic mass is 10.1. The molecule has 1 aliphatic heterocycles. The van der Waals surface area contributed by atoms with Crippen molar-refractivity contribution in [3.05, 3.63) is 53.6 Å². The van der Waals surface area contributed by atoms with E-state index < -0.39 is 0 Å². The largest absolute Gasteiger partial charge is 0.371 e. The van der Waals surface area contributed by atoms with Gasteiger partial charge in [0.2, 0.25) is 0 Å². The van der Waals surface area contributed by atoms with Crippen LogP contribution in [0.15, 0.2) is 42.5 Å². The van der Waals surface area contributed by atoms with Crippen LogP contribution in [0, 0.1) is 11.3 Å². The molecule has 0 amide bonds. The Labute approximate surface area is 130 Å². The van der Waals surface area contributed by atoms with E-state index in [4.69, 9.17) is 11.6 Å². The molecule has 0 aromatic heterocycles. The van der Waals surface area contributed by atoms with Gasteiger partial charge in [0.25, 0.3) is 0 Å². The van der Waals surface area contributed by atoms with Crippen LogP contribution >= 0.6 is 11.6 Å². The third-order valence-electron chi connectivity index (χ3n) is 3.87. The molecule has 2 aromatic carbocycles. The average molecular weight is 298 g/mol. The van der Waals surface area contributed by atoms with Crippen molar-refractivity contribution in [1.29, 1.82) is 5.26 Å². The van der Waals surface area contributed by atoms with Gasteiger partial charge in [-0.25, -0.2) is 0 Å². The number of hydrogen-bond donors (Lipinski definition) is 0. The maximum atomic E-state index is 9.44. The number of likely N-dealkylation sites (N-methyl/N-ethyl adjacent to an activating group) is 1. The van der Waals surface area contributed by atoms with Crippen LogP contribution in [-0.4, -0.2) is 20.1 Å². The first kappa shape index (κ1) is 13.8. The third kappa shape index (κ3) is 2.43. The Balaban J connectivity index is 2.10. The quantitative estimate of drug-likeness (QED) is 0.788. The number of benzene rings is 2. The van der Waals surface area contributed by atoms with E-state index in [2.05, 4.69) is 35.0 Å². The third-order valence-corrected chi connectivity index (χ3v) is 4.18. The standard InChI is InChI=1S/C17H16ClN3/c1-20-8-9-21(17-5-3-2-4-16(17)20)15-7-6-13(11-18)10-14(15)12-19/h2-7,10H,8-9,11H2,1H3. The molecular formula is C17H16ClN3. The number of hydrogen-bond acceptors (Lipinski definition) is 3. The normalized spacial score (nSPS) is 13.8. The van der Waals surface area contributed by atoms with Gasteiger partial charge in [0.15, 0.2) is 0 Å². The molecule has 3 rings (SSSR count). The van der Waals surface area contributed by atoms with Gasteiger partial charge in [-0.3, -0.25) is 0 Å². The van der Waals surface area contributed by atoms with Crippen molar-refractivity contribution in [2.75, 3.05) is 29.9 Å². The lowest BCUT2D eigenvalue weighted by Gasteiger charge is -2.37. The van der Waals surface area contributed by atoms with Crippen molar-refractivity contribution in [2.45, 2.75) is 5.88 Å². The highest BCUT2D eigenvalue weighted by atomic mass is 35.5. The second kappa shape index (κ2) is 5.67. The highest BCUT2D eigenvalue weighted by molar-refractivity contribution is 6.17. The highest BCUT2D eigenvalue weighted by Crippen LogP contribution is 2.38. The molecule has 0 spiro atoms. The first-order valence-corrected chi connectivity index (χ1v) is 7.44. The van der Waals surface area contributed by atoms with Gasteiger partial charge in [-0.2, -0.15) is 5.26 Å². The van der Waals surface area contributed by atoms with E-state index in [-0.39, 0.29) is 0 Å². The molecule has 2 aromatic rings. The first-order valence-electron chi connectivity index (χ1n) is 6.91. The maximum absolute atomic E-state index is 9.44. The molecule has 0 fully saturated rings. The van der Waals surface area contributed by atoms with Crippen LogP contribution in [0.25, 0.3) is 0 Å². The minimum atomic E-state index is 0.425. The van der Waals surface area contributed by atoms with Crippen LogP contribution in [0.4, 0.5) is 17.1 Å². The predicted molar refractivity (Wildman–Crippen MR) is 87.4 cm³/mol. The zero-order valence-electron chi connectivity index (χ0n) is 11.9. The van der Waals surface area contributed by atoms with Crippen LogP contribution in [0.1, 0.15) is 11.1 Å². The minimum Gasteiger partial charge on any atom is -0.371 e. The molecule has 0 saturated heterocycles. The van der Waals surface area contributed by atoms with Gasteiger partial charge in [0.1, 0.15) is 6.07 Å². The summed E-state index contributed by atoms with van der Waals surface area (Å²) in [5.74, 6) is 0.425. The Morgan fingerprint density at radius 2 is 1.86 bits per heavy atom. The van der Waals surface area contributed by atoms with Crippen molar-refractivity contribution in [3.63, 3.8) is 0 Å². The van der Waals surface area contributed by atoms with E-state index in [0.717, 1.165) is 30.0 Å². The van der Waals surface area contributed by atoms with E-state index in [0.29, 0.717) is 11.4 Å². The number of fused-ring (bicyclic) bond motifs is 1. The molecule has 0 atom stereocenters. The number of alkyl halides is 1. The summed E-state index contributed by atoms with van der Waals surface area (Å²) in [6, 6.07) is 16.4. The van der Waals surface area contributed by atoms with Crippen molar-refractivity contribution in [3.8, 4) is 6.07 Å². The fourth-order valence-electron chi connectivity index (χ4n) is 2.75. The number of nitriles is 1. The SMILES string of the molecule is CN1CCN(c2ccc(CCl)cc2C#N)c2ccccc21.